The third-order valence-electron chi connectivity index (χ3n) is 5.35. The van der Waals surface area contributed by atoms with Crippen LogP contribution in [0.3, 0.4) is 0 Å². The standard InChI is InChI=1S/C15H29N3.2ClH/c16-14-6-10-17(11-7-14)12-13-4-3-9-18-8-2-1-5-15(13)18;;/h13-15H,1-12,16H2;2*1H. The Morgan fingerprint density at radius 1 is 0.800 bits per heavy atom. The van der Waals surface area contributed by atoms with Gasteiger partial charge in [-0.25, -0.2) is 0 Å². The van der Waals surface area contributed by atoms with Crippen molar-refractivity contribution < 1.29 is 0 Å². The summed E-state index contributed by atoms with van der Waals surface area (Å²) in [6, 6.07) is 1.38. The maximum atomic E-state index is 6.00. The minimum absolute atomic E-state index is 0. The number of halogens is 2. The van der Waals surface area contributed by atoms with Gasteiger partial charge in [0.1, 0.15) is 0 Å². The van der Waals surface area contributed by atoms with E-state index in [1.165, 1.54) is 77.7 Å². The highest BCUT2D eigenvalue weighted by Gasteiger charge is 2.34. The second-order valence-electron chi connectivity index (χ2n) is 6.64. The molecule has 0 bridgehead atoms. The molecule has 3 fully saturated rings. The molecule has 0 amide bonds. The third-order valence-corrected chi connectivity index (χ3v) is 5.35. The number of piperidine rings is 3. The summed E-state index contributed by atoms with van der Waals surface area (Å²) in [6.07, 6.45) is 9.66. The van der Waals surface area contributed by atoms with Crippen LogP contribution in [0.4, 0.5) is 0 Å². The Bertz CT molecular complexity index is 268. The van der Waals surface area contributed by atoms with E-state index in [-0.39, 0.29) is 24.8 Å². The maximum absolute atomic E-state index is 6.00. The fourth-order valence-corrected chi connectivity index (χ4v) is 4.26. The summed E-state index contributed by atoms with van der Waals surface area (Å²) in [5.74, 6) is 0.938. The van der Waals surface area contributed by atoms with Crippen LogP contribution in [-0.2, 0) is 0 Å². The molecule has 5 heteroatoms. The van der Waals surface area contributed by atoms with Crippen LogP contribution in [0, 0.1) is 5.92 Å². The van der Waals surface area contributed by atoms with Crippen molar-refractivity contribution in [2.45, 2.75) is 57.0 Å². The number of nitrogens with two attached hydrogens (primary N) is 1. The summed E-state index contributed by atoms with van der Waals surface area (Å²) in [7, 11) is 0. The van der Waals surface area contributed by atoms with Gasteiger partial charge in [0, 0.05) is 18.6 Å². The molecule has 2 unspecified atom stereocenters. The van der Waals surface area contributed by atoms with Crippen molar-refractivity contribution in [2.24, 2.45) is 11.7 Å². The van der Waals surface area contributed by atoms with Crippen LogP contribution in [0.2, 0.25) is 0 Å². The molecule has 0 saturated carbocycles. The second-order valence-corrected chi connectivity index (χ2v) is 6.64. The van der Waals surface area contributed by atoms with Crippen molar-refractivity contribution in [3.63, 3.8) is 0 Å². The number of rotatable bonds is 2. The van der Waals surface area contributed by atoms with Gasteiger partial charge in [0.2, 0.25) is 0 Å². The molecule has 3 heterocycles. The lowest BCUT2D eigenvalue weighted by Crippen LogP contribution is -2.52. The summed E-state index contributed by atoms with van der Waals surface area (Å²) in [4.78, 5) is 5.47. The second kappa shape index (κ2) is 8.79. The lowest BCUT2D eigenvalue weighted by molar-refractivity contribution is 0.0361. The Labute approximate surface area is 136 Å². The number of hydrogen-bond acceptors (Lipinski definition) is 3. The van der Waals surface area contributed by atoms with Gasteiger partial charge in [0.05, 0.1) is 0 Å². The topological polar surface area (TPSA) is 32.5 Å². The fraction of sp³-hybridized carbons (Fsp3) is 1.00. The molecule has 2 N–H and O–H groups in total. The van der Waals surface area contributed by atoms with E-state index in [2.05, 4.69) is 9.80 Å². The normalized spacial score (nSPS) is 32.9. The largest absolute Gasteiger partial charge is 0.328 e. The first kappa shape index (κ1) is 18.5. The first-order valence-electron chi connectivity index (χ1n) is 8.05. The van der Waals surface area contributed by atoms with Gasteiger partial charge in [0.25, 0.3) is 0 Å². The monoisotopic (exact) mass is 323 g/mol. The summed E-state index contributed by atoms with van der Waals surface area (Å²) in [6.45, 7) is 6.56. The van der Waals surface area contributed by atoms with Crippen LogP contribution < -0.4 is 5.73 Å². The summed E-state index contributed by atoms with van der Waals surface area (Å²) < 4.78 is 0. The van der Waals surface area contributed by atoms with Gasteiger partial charge in [-0.1, -0.05) is 6.42 Å². The smallest absolute Gasteiger partial charge is 0.0136 e. The fourth-order valence-electron chi connectivity index (χ4n) is 4.26. The molecule has 3 nitrogen and oxygen atoms in total. The van der Waals surface area contributed by atoms with Crippen LogP contribution in [0.1, 0.15) is 44.9 Å². The lowest BCUT2D eigenvalue weighted by Gasteiger charge is -2.46. The Hall–Kier alpha value is 0.460. The van der Waals surface area contributed by atoms with E-state index < -0.39 is 0 Å². The number of fused-ring (bicyclic) bond motifs is 1. The molecule has 3 rings (SSSR count). The van der Waals surface area contributed by atoms with E-state index in [0.717, 1.165) is 12.0 Å². The molecule has 2 atom stereocenters. The Kier molecular flexibility index (Phi) is 8.14. The highest BCUT2D eigenvalue weighted by molar-refractivity contribution is 5.85. The molecule has 3 aliphatic rings. The molecule has 0 aliphatic carbocycles. The Balaban J connectivity index is 0.000001000. The minimum Gasteiger partial charge on any atom is -0.328 e. The average molecular weight is 324 g/mol. The third kappa shape index (κ3) is 4.48. The molecule has 120 valence electrons. The van der Waals surface area contributed by atoms with Gasteiger partial charge < -0.3 is 15.5 Å². The zero-order valence-corrected chi connectivity index (χ0v) is 14.1. The Morgan fingerprint density at radius 2 is 1.50 bits per heavy atom. The molecule has 20 heavy (non-hydrogen) atoms. The Morgan fingerprint density at radius 3 is 2.25 bits per heavy atom. The minimum atomic E-state index is 0. The van der Waals surface area contributed by atoms with Crippen molar-refractivity contribution in [1.82, 2.24) is 9.80 Å². The van der Waals surface area contributed by atoms with Gasteiger partial charge in [0.15, 0.2) is 0 Å². The van der Waals surface area contributed by atoms with Crippen LogP contribution in [-0.4, -0.2) is 54.6 Å². The van der Waals surface area contributed by atoms with Gasteiger partial charge >= 0.3 is 0 Å². The van der Waals surface area contributed by atoms with Crippen molar-refractivity contribution in [2.75, 3.05) is 32.7 Å². The molecule has 0 spiro atoms. The zero-order valence-electron chi connectivity index (χ0n) is 12.5. The SMILES string of the molecule is Cl.Cl.NC1CCN(CC2CCCN3CCCCC23)CC1. The molecular formula is C15H31Cl2N3. The first-order valence-corrected chi connectivity index (χ1v) is 8.05. The van der Waals surface area contributed by atoms with E-state index in [4.69, 9.17) is 5.73 Å². The van der Waals surface area contributed by atoms with Gasteiger partial charge in [-0.15, -0.1) is 24.8 Å². The molecule has 3 aliphatic heterocycles. The zero-order chi connectivity index (χ0) is 12.4. The quantitative estimate of drug-likeness (QED) is 0.847. The van der Waals surface area contributed by atoms with Crippen molar-refractivity contribution in [3.05, 3.63) is 0 Å². The van der Waals surface area contributed by atoms with Gasteiger partial charge in [-0.05, 0) is 70.6 Å². The van der Waals surface area contributed by atoms with E-state index in [0.29, 0.717) is 6.04 Å². The maximum Gasteiger partial charge on any atom is 0.0136 e. The van der Waals surface area contributed by atoms with Crippen molar-refractivity contribution in [3.8, 4) is 0 Å². The highest BCUT2D eigenvalue weighted by Crippen LogP contribution is 2.31. The molecule has 0 aromatic heterocycles. The highest BCUT2D eigenvalue weighted by atomic mass is 35.5. The van der Waals surface area contributed by atoms with Crippen molar-refractivity contribution >= 4 is 24.8 Å². The van der Waals surface area contributed by atoms with Crippen LogP contribution in [0.25, 0.3) is 0 Å². The summed E-state index contributed by atoms with van der Waals surface area (Å²) in [5.41, 5.74) is 6.00. The van der Waals surface area contributed by atoms with E-state index in [1.807, 2.05) is 0 Å². The average Bonchev–Trinajstić information content (AvgIpc) is 2.42. The number of likely N-dealkylation sites (tertiary alicyclic amines) is 1. The van der Waals surface area contributed by atoms with Crippen LogP contribution >= 0.6 is 24.8 Å². The van der Waals surface area contributed by atoms with Gasteiger partial charge in [-0.3, -0.25) is 0 Å². The molecule has 3 saturated heterocycles. The lowest BCUT2D eigenvalue weighted by atomic mass is 9.83. The molecule has 0 aromatic carbocycles. The van der Waals surface area contributed by atoms with E-state index in [9.17, 15) is 0 Å². The van der Waals surface area contributed by atoms with E-state index >= 15 is 0 Å². The van der Waals surface area contributed by atoms with E-state index in [1.54, 1.807) is 0 Å². The number of nitrogens with zero attached hydrogens (tertiary/aromatic N) is 2. The molecule has 0 radical (unpaired) electrons. The predicted octanol–water partition coefficient (Wildman–Crippen LogP) is 2.52. The van der Waals surface area contributed by atoms with Crippen LogP contribution in [0.15, 0.2) is 0 Å². The van der Waals surface area contributed by atoms with Crippen LogP contribution in [0.5, 0.6) is 0 Å². The number of hydrogen-bond donors (Lipinski definition) is 1. The summed E-state index contributed by atoms with van der Waals surface area (Å²) in [5, 5.41) is 0. The molecule has 0 aromatic rings. The first-order chi connectivity index (χ1) is 8.83. The molecular weight excluding hydrogens is 293 g/mol. The summed E-state index contributed by atoms with van der Waals surface area (Å²) >= 11 is 0. The predicted molar refractivity (Wildman–Crippen MR) is 90.1 cm³/mol. The van der Waals surface area contributed by atoms with Gasteiger partial charge in [-0.2, -0.15) is 0 Å². The van der Waals surface area contributed by atoms with Crippen molar-refractivity contribution in [1.29, 1.82) is 0 Å².